The number of benzene rings is 1. The molecule has 1 aromatic carbocycles. The molecule has 0 aromatic heterocycles. The van der Waals surface area contributed by atoms with Crippen LogP contribution in [0.25, 0.3) is 0 Å². The van der Waals surface area contributed by atoms with Crippen LogP contribution in [0.15, 0.2) is 30.3 Å². The van der Waals surface area contributed by atoms with E-state index >= 15 is 0 Å². The SMILES string of the molecule is CCCCCCCCCCCCS(=O)(=O)N1CC[N+](C)(Cc2ccccc2)CC1. The topological polar surface area (TPSA) is 37.4 Å². The Bertz CT molecular complexity index is 653. The van der Waals surface area contributed by atoms with Gasteiger partial charge < -0.3 is 4.48 Å². The van der Waals surface area contributed by atoms with Gasteiger partial charge in [-0.05, 0) is 6.42 Å². The van der Waals surface area contributed by atoms with E-state index in [1.807, 2.05) is 6.07 Å². The van der Waals surface area contributed by atoms with E-state index in [4.69, 9.17) is 0 Å². The molecule has 1 aliphatic heterocycles. The summed E-state index contributed by atoms with van der Waals surface area (Å²) in [5, 5.41) is 0. The summed E-state index contributed by atoms with van der Waals surface area (Å²) in [6.45, 7) is 6.33. The van der Waals surface area contributed by atoms with Gasteiger partial charge in [0.25, 0.3) is 0 Å². The highest BCUT2D eigenvalue weighted by Crippen LogP contribution is 2.19. The number of likely N-dealkylation sites (N-methyl/N-ethyl adjacent to an activating group) is 1. The van der Waals surface area contributed by atoms with Crippen molar-refractivity contribution in [3.8, 4) is 0 Å². The molecule has 29 heavy (non-hydrogen) atoms. The zero-order valence-electron chi connectivity index (χ0n) is 18.8. The summed E-state index contributed by atoms with van der Waals surface area (Å²) in [6.07, 6.45) is 12.3. The van der Waals surface area contributed by atoms with Crippen molar-refractivity contribution in [3.05, 3.63) is 35.9 Å². The minimum atomic E-state index is -3.09. The standard InChI is InChI=1S/C24H43N2O2S/c1-3-4-5-6-7-8-9-10-11-15-22-29(27,28)25-18-20-26(2,21-19-25)23-24-16-13-12-14-17-24/h12-14,16-17H,3-11,15,18-23H2,1-2H3/q+1. The number of hydrogen-bond donors (Lipinski definition) is 0. The molecule has 1 aromatic rings. The third-order valence-electron chi connectivity index (χ3n) is 6.33. The van der Waals surface area contributed by atoms with Gasteiger partial charge in [-0.15, -0.1) is 0 Å². The maximum Gasteiger partial charge on any atom is 0.214 e. The molecule has 0 amide bonds. The lowest BCUT2D eigenvalue weighted by molar-refractivity contribution is -0.925. The van der Waals surface area contributed by atoms with Gasteiger partial charge >= 0.3 is 0 Å². The Labute approximate surface area is 179 Å². The Morgan fingerprint density at radius 1 is 0.828 bits per heavy atom. The third kappa shape index (κ3) is 9.18. The number of quaternary nitrogens is 1. The Balaban J connectivity index is 1.60. The summed E-state index contributed by atoms with van der Waals surface area (Å²) in [6, 6.07) is 10.5. The van der Waals surface area contributed by atoms with Crippen molar-refractivity contribution in [2.24, 2.45) is 0 Å². The van der Waals surface area contributed by atoms with Gasteiger partial charge in [0.15, 0.2) is 0 Å². The lowest BCUT2D eigenvalue weighted by Gasteiger charge is -2.41. The van der Waals surface area contributed by atoms with Crippen molar-refractivity contribution in [1.29, 1.82) is 0 Å². The highest BCUT2D eigenvalue weighted by atomic mass is 32.2. The van der Waals surface area contributed by atoms with Crippen LogP contribution in [0.5, 0.6) is 0 Å². The van der Waals surface area contributed by atoms with Crippen LogP contribution in [0.2, 0.25) is 0 Å². The molecule has 0 unspecified atom stereocenters. The fourth-order valence-electron chi connectivity index (χ4n) is 4.29. The van der Waals surface area contributed by atoms with Crippen LogP contribution < -0.4 is 0 Å². The molecule has 0 saturated carbocycles. The molecule has 0 bridgehead atoms. The summed E-state index contributed by atoms with van der Waals surface area (Å²) >= 11 is 0. The third-order valence-corrected chi connectivity index (χ3v) is 8.29. The van der Waals surface area contributed by atoms with Gasteiger partial charge in [0.2, 0.25) is 10.0 Å². The molecule has 4 nitrogen and oxygen atoms in total. The number of piperazine rings is 1. The van der Waals surface area contributed by atoms with Crippen molar-refractivity contribution in [2.75, 3.05) is 39.0 Å². The maximum atomic E-state index is 12.7. The second kappa shape index (κ2) is 12.7. The molecule has 0 aliphatic carbocycles. The Morgan fingerprint density at radius 3 is 1.90 bits per heavy atom. The molecule has 0 atom stereocenters. The Kier molecular flexibility index (Phi) is 10.7. The van der Waals surface area contributed by atoms with E-state index < -0.39 is 10.0 Å². The van der Waals surface area contributed by atoms with Crippen molar-refractivity contribution >= 4 is 10.0 Å². The quantitative estimate of drug-likeness (QED) is 0.305. The lowest BCUT2D eigenvalue weighted by atomic mass is 10.1. The smallest absolute Gasteiger partial charge is 0.214 e. The molecular formula is C24H43N2O2S+. The van der Waals surface area contributed by atoms with E-state index in [2.05, 4.69) is 38.2 Å². The average molecular weight is 424 g/mol. The van der Waals surface area contributed by atoms with Gasteiger partial charge in [-0.3, -0.25) is 0 Å². The normalized spacial score (nSPS) is 17.4. The zero-order chi connectivity index (χ0) is 21.0. The van der Waals surface area contributed by atoms with Crippen molar-refractivity contribution in [2.45, 2.75) is 77.7 Å². The summed E-state index contributed by atoms with van der Waals surface area (Å²) < 4.78 is 28.1. The van der Waals surface area contributed by atoms with Crippen LogP contribution in [-0.4, -0.2) is 56.2 Å². The predicted molar refractivity (Wildman–Crippen MR) is 123 cm³/mol. The number of rotatable bonds is 14. The van der Waals surface area contributed by atoms with E-state index in [0.29, 0.717) is 18.8 Å². The van der Waals surface area contributed by atoms with Crippen LogP contribution >= 0.6 is 0 Å². The minimum Gasteiger partial charge on any atom is -0.320 e. The number of unbranched alkanes of at least 4 members (excludes halogenated alkanes) is 9. The maximum absolute atomic E-state index is 12.7. The highest BCUT2D eigenvalue weighted by Gasteiger charge is 2.34. The molecule has 2 rings (SSSR count). The second-order valence-electron chi connectivity index (χ2n) is 9.11. The summed E-state index contributed by atoms with van der Waals surface area (Å²) in [5.41, 5.74) is 1.33. The zero-order valence-corrected chi connectivity index (χ0v) is 19.6. The molecule has 0 radical (unpaired) electrons. The van der Waals surface area contributed by atoms with E-state index in [9.17, 15) is 8.42 Å². The number of nitrogens with zero attached hydrogens (tertiary/aromatic N) is 2. The number of sulfonamides is 1. The fourth-order valence-corrected chi connectivity index (χ4v) is 5.84. The first-order chi connectivity index (χ1) is 14.0. The summed E-state index contributed by atoms with van der Waals surface area (Å²) in [7, 11) is -0.842. The van der Waals surface area contributed by atoms with E-state index in [1.165, 1.54) is 56.9 Å². The second-order valence-corrected chi connectivity index (χ2v) is 11.2. The number of hydrogen-bond acceptors (Lipinski definition) is 2. The minimum absolute atomic E-state index is 0.325. The van der Waals surface area contributed by atoms with E-state index in [0.717, 1.165) is 37.0 Å². The molecule has 1 saturated heterocycles. The van der Waals surface area contributed by atoms with Gasteiger partial charge in [0.1, 0.15) is 6.54 Å². The predicted octanol–water partition coefficient (Wildman–Crippen LogP) is 5.20. The molecule has 1 aliphatic rings. The molecule has 1 fully saturated rings. The lowest BCUT2D eigenvalue weighted by Crippen LogP contribution is -2.57. The van der Waals surface area contributed by atoms with Crippen molar-refractivity contribution in [3.63, 3.8) is 0 Å². The van der Waals surface area contributed by atoms with Crippen LogP contribution in [0, 0.1) is 0 Å². The van der Waals surface area contributed by atoms with Crippen molar-refractivity contribution < 1.29 is 12.9 Å². The first-order valence-corrected chi connectivity index (χ1v) is 13.4. The molecule has 5 heteroatoms. The van der Waals surface area contributed by atoms with Crippen LogP contribution in [0.1, 0.15) is 76.7 Å². The largest absolute Gasteiger partial charge is 0.320 e. The summed E-state index contributed by atoms with van der Waals surface area (Å²) in [5.74, 6) is 0.325. The molecule has 0 spiro atoms. The molecule has 0 N–H and O–H groups in total. The first-order valence-electron chi connectivity index (χ1n) is 11.8. The highest BCUT2D eigenvalue weighted by molar-refractivity contribution is 7.89. The fraction of sp³-hybridized carbons (Fsp3) is 0.750. The first kappa shape index (κ1) is 24.4. The summed E-state index contributed by atoms with van der Waals surface area (Å²) in [4.78, 5) is 0. The van der Waals surface area contributed by atoms with Crippen molar-refractivity contribution in [1.82, 2.24) is 4.31 Å². The Hall–Kier alpha value is -0.910. The van der Waals surface area contributed by atoms with Crippen LogP contribution in [-0.2, 0) is 16.6 Å². The van der Waals surface area contributed by atoms with Gasteiger partial charge in [0, 0.05) is 5.56 Å². The van der Waals surface area contributed by atoms with Crippen LogP contribution in [0.4, 0.5) is 0 Å². The van der Waals surface area contributed by atoms with Crippen LogP contribution in [0.3, 0.4) is 0 Å². The Morgan fingerprint density at radius 2 is 1.34 bits per heavy atom. The monoisotopic (exact) mass is 423 g/mol. The van der Waals surface area contributed by atoms with Gasteiger partial charge in [-0.25, -0.2) is 8.42 Å². The average Bonchev–Trinajstić information content (AvgIpc) is 2.70. The molecule has 1 heterocycles. The molecule has 166 valence electrons. The van der Waals surface area contributed by atoms with E-state index in [1.54, 1.807) is 4.31 Å². The van der Waals surface area contributed by atoms with Gasteiger partial charge in [-0.1, -0.05) is 95.0 Å². The van der Waals surface area contributed by atoms with Gasteiger partial charge in [0.05, 0.1) is 39.0 Å². The molecular weight excluding hydrogens is 380 g/mol. The van der Waals surface area contributed by atoms with Gasteiger partial charge in [-0.2, -0.15) is 4.31 Å². The van der Waals surface area contributed by atoms with E-state index in [-0.39, 0.29) is 0 Å².